The molecule has 0 fully saturated rings. The zero-order valence-corrected chi connectivity index (χ0v) is 14.8. The van der Waals surface area contributed by atoms with E-state index >= 15 is 0 Å². The fraction of sp³-hybridized carbons (Fsp3) is 0.143. The SMILES string of the molecule is CC1(C)c2cc(-c3ccccc3)ccc2-c2cc(Br)c(N)cc21. The molecule has 2 N–H and O–H groups in total. The molecule has 4 rings (SSSR count). The lowest BCUT2D eigenvalue weighted by atomic mass is 9.81. The molecule has 3 aromatic rings. The van der Waals surface area contributed by atoms with Gasteiger partial charge in [-0.1, -0.05) is 56.3 Å². The van der Waals surface area contributed by atoms with Gasteiger partial charge < -0.3 is 5.73 Å². The Hall–Kier alpha value is -2.06. The van der Waals surface area contributed by atoms with Crippen molar-refractivity contribution in [1.29, 1.82) is 0 Å². The van der Waals surface area contributed by atoms with Gasteiger partial charge in [-0.15, -0.1) is 0 Å². The molecule has 1 aliphatic rings. The second-order valence-corrected chi connectivity index (χ2v) is 7.53. The second-order valence-electron chi connectivity index (χ2n) is 6.67. The maximum absolute atomic E-state index is 6.12. The normalized spacial score (nSPS) is 14.4. The van der Waals surface area contributed by atoms with Gasteiger partial charge in [-0.05, 0) is 67.5 Å². The molecule has 0 heterocycles. The molecule has 0 unspecified atom stereocenters. The summed E-state index contributed by atoms with van der Waals surface area (Å²) in [4.78, 5) is 0. The van der Waals surface area contributed by atoms with E-state index in [9.17, 15) is 0 Å². The lowest BCUT2D eigenvalue weighted by molar-refractivity contribution is 0.661. The van der Waals surface area contributed by atoms with Gasteiger partial charge in [0.1, 0.15) is 0 Å². The number of nitrogen functional groups attached to an aromatic ring is 1. The molecule has 0 aromatic heterocycles. The Balaban J connectivity index is 1.95. The molecule has 3 aromatic carbocycles. The van der Waals surface area contributed by atoms with Gasteiger partial charge in [0, 0.05) is 15.6 Å². The monoisotopic (exact) mass is 363 g/mol. The summed E-state index contributed by atoms with van der Waals surface area (Å²) in [7, 11) is 0. The van der Waals surface area contributed by atoms with Gasteiger partial charge >= 0.3 is 0 Å². The number of halogens is 1. The highest BCUT2D eigenvalue weighted by molar-refractivity contribution is 9.10. The first-order valence-corrected chi connectivity index (χ1v) is 8.57. The molecule has 114 valence electrons. The van der Waals surface area contributed by atoms with Gasteiger partial charge in [-0.25, -0.2) is 0 Å². The number of hydrogen-bond acceptors (Lipinski definition) is 1. The Morgan fingerprint density at radius 1 is 0.783 bits per heavy atom. The molecule has 23 heavy (non-hydrogen) atoms. The molecule has 1 nitrogen and oxygen atoms in total. The van der Waals surface area contributed by atoms with Crippen molar-refractivity contribution < 1.29 is 0 Å². The Morgan fingerprint density at radius 2 is 1.48 bits per heavy atom. The molecule has 1 aliphatic carbocycles. The van der Waals surface area contributed by atoms with Crippen LogP contribution in [0.5, 0.6) is 0 Å². The number of hydrogen-bond donors (Lipinski definition) is 1. The van der Waals surface area contributed by atoms with Gasteiger partial charge in [0.2, 0.25) is 0 Å². The van der Waals surface area contributed by atoms with Gasteiger partial charge in [0.15, 0.2) is 0 Å². The molecule has 0 radical (unpaired) electrons. The highest BCUT2D eigenvalue weighted by Gasteiger charge is 2.36. The third kappa shape index (κ3) is 2.13. The minimum absolute atomic E-state index is 0.0374. The predicted octanol–water partition coefficient (Wildman–Crippen LogP) is 6.00. The molecule has 0 saturated carbocycles. The van der Waals surface area contributed by atoms with Crippen LogP contribution >= 0.6 is 15.9 Å². The molecule has 0 amide bonds. The van der Waals surface area contributed by atoms with Crippen molar-refractivity contribution in [3.63, 3.8) is 0 Å². The Labute approximate surface area is 145 Å². The van der Waals surface area contributed by atoms with Crippen molar-refractivity contribution in [2.24, 2.45) is 0 Å². The van der Waals surface area contributed by atoms with E-state index < -0.39 is 0 Å². The van der Waals surface area contributed by atoms with E-state index in [4.69, 9.17) is 5.73 Å². The number of rotatable bonds is 1. The van der Waals surface area contributed by atoms with Crippen LogP contribution in [0.2, 0.25) is 0 Å². The highest BCUT2D eigenvalue weighted by atomic mass is 79.9. The quantitative estimate of drug-likeness (QED) is 0.526. The van der Waals surface area contributed by atoms with Crippen LogP contribution in [-0.2, 0) is 5.41 Å². The van der Waals surface area contributed by atoms with Crippen molar-refractivity contribution in [3.05, 3.63) is 76.3 Å². The Kier molecular flexibility index (Phi) is 3.14. The third-order valence-corrected chi connectivity index (χ3v) is 5.59. The Morgan fingerprint density at radius 3 is 2.22 bits per heavy atom. The summed E-state index contributed by atoms with van der Waals surface area (Å²) in [6.45, 7) is 4.56. The summed E-state index contributed by atoms with van der Waals surface area (Å²) in [6, 6.07) is 21.6. The van der Waals surface area contributed by atoms with Crippen molar-refractivity contribution in [2.45, 2.75) is 19.3 Å². The zero-order valence-electron chi connectivity index (χ0n) is 13.2. The summed E-state index contributed by atoms with van der Waals surface area (Å²) < 4.78 is 0.965. The molecule has 0 spiro atoms. The first-order chi connectivity index (χ1) is 11.0. The summed E-state index contributed by atoms with van der Waals surface area (Å²) in [5.74, 6) is 0. The van der Waals surface area contributed by atoms with Gasteiger partial charge in [0.05, 0.1) is 0 Å². The molecular weight excluding hydrogens is 346 g/mol. The molecular formula is C21H18BrN. The van der Waals surface area contributed by atoms with E-state index in [0.29, 0.717) is 0 Å². The first-order valence-electron chi connectivity index (χ1n) is 7.78. The van der Waals surface area contributed by atoms with Crippen molar-refractivity contribution in [2.75, 3.05) is 5.73 Å². The van der Waals surface area contributed by atoms with Crippen LogP contribution < -0.4 is 5.73 Å². The van der Waals surface area contributed by atoms with E-state index in [0.717, 1.165) is 10.2 Å². The van der Waals surface area contributed by atoms with Gasteiger partial charge in [-0.3, -0.25) is 0 Å². The minimum Gasteiger partial charge on any atom is -0.398 e. The number of fused-ring (bicyclic) bond motifs is 3. The molecule has 2 heteroatoms. The average Bonchev–Trinajstić information content (AvgIpc) is 2.77. The smallest absolute Gasteiger partial charge is 0.0462 e. The maximum Gasteiger partial charge on any atom is 0.0462 e. The van der Waals surface area contributed by atoms with Gasteiger partial charge in [-0.2, -0.15) is 0 Å². The van der Waals surface area contributed by atoms with Crippen LogP contribution in [-0.4, -0.2) is 0 Å². The van der Waals surface area contributed by atoms with Crippen molar-refractivity contribution in [1.82, 2.24) is 0 Å². The van der Waals surface area contributed by atoms with E-state index in [1.807, 2.05) is 0 Å². The number of nitrogens with two attached hydrogens (primary N) is 1. The number of benzene rings is 3. The second kappa shape index (κ2) is 4.97. The summed E-state index contributed by atoms with van der Waals surface area (Å²) in [5.41, 5.74) is 14.7. The molecule has 0 bridgehead atoms. The lowest BCUT2D eigenvalue weighted by Gasteiger charge is -2.22. The third-order valence-electron chi connectivity index (χ3n) is 4.90. The van der Waals surface area contributed by atoms with E-state index in [1.165, 1.54) is 33.4 Å². The number of anilines is 1. The molecule has 0 saturated heterocycles. The van der Waals surface area contributed by atoms with Crippen LogP contribution in [0, 0.1) is 0 Å². The topological polar surface area (TPSA) is 26.0 Å². The minimum atomic E-state index is -0.0374. The summed E-state index contributed by atoms with van der Waals surface area (Å²) in [5, 5.41) is 0. The zero-order chi connectivity index (χ0) is 16.2. The van der Waals surface area contributed by atoms with Crippen molar-refractivity contribution in [3.8, 4) is 22.3 Å². The van der Waals surface area contributed by atoms with Crippen molar-refractivity contribution >= 4 is 21.6 Å². The molecule has 0 aliphatic heterocycles. The molecule has 0 atom stereocenters. The average molecular weight is 364 g/mol. The van der Waals surface area contributed by atoms with Crippen LogP contribution in [0.3, 0.4) is 0 Å². The fourth-order valence-corrected chi connectivity index (χ4v) is 3.92. The standard InChI is InChI=1S/C21H18BrN/c1-21(2)17-10-14(13-6-4-3-5-7-13)8-9-15(17)16-11-19(22)20(23)12-18(16)21/h3-12H,23H2,1-2H3. The summed E-state index contributed by atoms with van der Waals surface area (Å²) >= 11 is 3.56. The first kappa shape index (κ1) is 14.5. The Bertz CT molecular complexity index is 911. The van der Waals surface area contributed by atoms with E-state index in [2.05, 4.69) is 90.4 Å². The summed E-state index contributed by atoms with van der Waals surface area (Å²) in [6.07, 6.45) is 0. The van der Waals surface area contributed by atoms with Crippen LogP contribution in [0.15, 0.2) is 65.1 Å². The highest BCUT2D eigenvalue weighted by Crippen LogP contribution is 2.51. The van der Waals surface area contributed by atoms with Gasteiger partial charge in [0.25, 0.3) is 0 Å². The van der Waals surface area contributed by atoms with Crippen LogP contribution in [0.1, 0.15) is 25.0 Å². The maximum atomic E-state index is 6.12. The lowest BCUT2D eigenvalue weighted by Crippen LogP contribution is -2.15. The van der Waals surface area contributed by atoms with E-state index in [-0.39, 0.29) is 5.41 Å². The van der Waals surface area contributed by atoms with E-state index in [1.54, 1.807) is 0 Å². The van der Waals surface area contributed by atoms with Crippen LogP contribution in [0.4, 0.5) is 5.69 Å². The van der Waals surface area contributed by atoms with Crippen LogP contribution in [0.25, 0.3) is 22.3 Å². The largest absolute Gasteiger partial charge is 0.398 e. The predicted molar refractivity (Wildman–Crippen MR) is 102 cm³/mol. The fourth-order valence-electron chi connectivity index (χ4n) is 3.58.